The van der Waals surface area contributed by atoms with E-state index < -0.39 is 5.82 Å². The van der Waals surface area contributed by atoms with Crippen molar-refractivity contribution in [1.29, 1.82) is 0 Å². The number of hydrogen-bond donors (Lipinski definition) is 2. The number of aryl methyl sites for hydroxylation is 1. The molecule has 0 saturated carbocycles. The number of anilines is 3. The highest BCUT2D eigenvalue weighted by atomic mass is 35.5. The number of rotatable bonds is 6. The zero-order valence-corrected chi connectivity index (χ0v) is 13.7. The summed E-state index contributed by atoms with van der Waals surface area (Å²) in [6.45, 7) is 7.06. The Hall–Kier alpha value is -1.88. The molecule has 2 rings (SSSR count). The van der Waals surface area contributed by atoms with Gasteiger partial charge in [0.1, 0.15) is 11.6 Å². The van der Waals surface area contributed by atoms with Crippen LogP contribution in [0.15, 0.2) is 24.3 Å². The minimum Gasteiger partial charge on any atom is -0.354 e. The number of nitrogens with zero attached hydrogens (tertiary/aromatic N) is 2. The van der Waals surface area contributed by atoms with Crippen LogP contribution in [0.25, 0.3) is 0 Å². The number of hydrogen-bond acceptors (Lipinski definition) is 4. The van der Waals surface area contributed by atoms with Crippen molar-refractivity contribution in [2.24, 2.45) is 5.92 Å². The molecule has 4 nitrogen and oxygen atoms in total. The van der Waals surface area contributed by atoms with Crippen LogP contribution in [-0.4, -0.2) is 16.5 Å². The Bertz CT molecular complexity index is 646. The zero-order chi connectivity index (χ0) is 16.1. The van der Waals surface area contributed by atoms with E-state index in [0.29, 0.717) is 23.4 Å². The molecule has 0 unspecified atom stereocenters. The van der Waals surface area contributed by atoms with Gasteiger partial charge in [-0.2, -0.15) is 4.98 Å². The third kappa shape index (κ3) is 4.84. The Morgan fingerprint density at radius 1 is 1.23 bits per heavy atom. The van der Waals surface area contributed by atoms with Crippen molar-refractivity contribution in [1.82, 2.24) is 9.97 Å². The lowest BCUT2D eigenvalue weighted by Gasteiger charge is -2.11. The zero-order valence-electron chi connectivity index (χ0n) is 13.0. The number of halogens is 2. The number of benzene rings is 1. The van der Waals surface area contributed by atoms with Gasteiger partial charge in [-0.15, -0.1) is 0 Å². The lowest BCUT2D eigenvalue weighted by molar-refractivity contribution is 0.606. The lowest BCUT2D eigenvalue weighted by Crippen LogP contribution is -2.09. The smallest absolute Gasteiger partial charge is 0.224 e. The minimum atomic E-state index is -0.442. The summed E-state index contributed by atoms with van der Waals surface area (Å²) in [6.07, 6.45) is 1.05. The van der Waals surface area contributed by atoms with Crippen LogP contribution in [0.3, 0.4) is 0 Å². The predicted octanol–water partition coefficient (Wildman–Crippen LogP) is 4.78. The topological polar surface area (TPSA) is 49.8 Å². The van der Waals surface area contributed by atoms with Crippen LogP contribution in [0, 0.1) is 18.7 Å². The van der Waals surface area contributed by atoms with Crippen molar-refractivity contribution in [3.05, 3.63) is 40.8 Å². The number of nitrogens with one attached hydrogen (secondary N) is 2. The van der Waals surface area contributed by atoms with Gasteiger partial charge in [0.15, 0.2) is 0 Å². The van der Waals surface area contributed by atoms with Crippen LogP contribution < -0.4 is 10.6 Å². The summed E-state index contributed by atoms with van der Waals surface area (Å²) in [5, 5.41) is 6.40. The highest BCUT2D eigenvalue weighted by Crippen LogP contribution is 2.22. The standard InChI is InChI=1S/C16H20ClFN4/c1-10(2)6-7-19-16-20-11(3)8-15(22-16)21-12-4-5-14(18)13(17)9-12/h4-5,8-10H,6-7H2,1-3H3,(H2,19,20,21,22). The molecule has 0 spiro atoms. The summed E-state index contributed by atoms with van der Waals surface area (Å²) in [6, 6.07) is 6.29. The van der Waals surface area contributed by atoms with Crippen LogP contribution in [0.1, 0.15) is 26.0 Å². The summed E-state index contributed by atoms with van der Waals surface area (Å²) in [4.78, 5) is 8.76. The normalized spacial score (nSPS) is 10.8. The maximum atomic E-state index is 13.2. The van der Waals surface area contributed by atoms with Gasteiger partial charge in [-0.1, -0.05) is 25.4 Å². The highest BCUT2D eigenvalue weighted by molar-refractivity contribution is 6.31. The van der Waals surface area contributed by atoms with Crippen molar-refractivity contribution >= 4 is 29.1 Å². The molecule has 2 aromatic rings. The summed E-state index contributed by atoms with van der Waals surface area (Å²) in [5.74, 6) is 1.40. The van der Waals surface area contributed by atoms with Gasteiger partial charge in [0.05, 0.1) is 5.02 Å². The molecule has 0 aliphatic heterocycles. The minimum absolute atomic E-state index is 0.0751. The molecule has 1 aromatic carbocycles. The van der Waals surface area contributed by atoms with E-state index in [1.54, 1.807) is 6.07 Å². The van der Waals surface area contributed by atoms with E-state index in [4.69, 9.17) is 11.6 Å². The summed E-state index contributed by atoms with van der Waals surface area (Å²) < 4.78 is 13.2. The molecule has 0 amide bonds. The van der Waals surface area contributed by atoms with Gasteiger partial charge in [0.25, 0.3) is 0 Å². The maximum Gasteiger partial charge on any atom is 0.224 e. The SMILES string of the molecule is Cc1cc(Nc2ccc(F)c(Cl)c2)nc(NCCC(C)C)n1. The molecule has 0 radical (unpaired) electrons. The molecule has 0 atom stereocenters. The van der Waals surface area contributed by atoms with E-state index >= 15 is 0 Å². The fourth-order valence-electron chi connectivity index (χ4n) is 1.91. The van der Waals surface area contributed by atoms with Gasteiger partial charge in [-0.3, -0.25) is 0 Å². The van der Waals surface area contributed by atoms with Gasteiger partial charge in [0, 0.05) is 24.0 Å². The van der Waals surface area contributed by atoms with Crippen LogP contribution in [0.5, 0.6) is 0 Å². The van der Waals surface area contributed by atoms with E-state index in [9.17, 15) is 4.39 Å². The van der Waals surface area contributed by atoms with E-state index in [1.165, 1.54) is 12.1 Å². The summed E-state index contributed by atoms with van der Waals surface area (Å²) in [7, 11) is 0. The average molecular weight is 323 g/mol. The summed E-state index contributed by atoms with van der Waals surface area (Å²) >= 11 is 5.78. The lowest BCUT2D eigenvalue weighted by atomic mass is 10.1. The first-order valence-electron chi connectivity index (χ1n) is 7.25. The third-order valence-electron chi connectivity index (χ3n) is 3.05. The van der Waals surface area contributed by atoms with E-state index in [-0.39, 0.29) is 5.02 Å². The molecule has 118 valence electrons. The Labute approximate surface area is 135 Å². The first-order chi connectivity index (χ1) is 10.4. The molecular weight excluding hydrogens is 303 g/mol. The molecule has 0 aliphatic carbocycles. The number of aromatic nitrogens is 2. The van der Waals surface area contributed by atoms with Crippen molar-refractivity contribution in [2.45, 2.75) is 27.2 Å². The second kappa shape index (κ2) is 7.40. The van der Waals surface area contributed by atoms with E-state index in [0.717, 1.165) is 18.7 Å². The van der Waals surface area contributed by atoms with Crippen LogP contribution in [0.4, 0.5) is 21.8 Å². The van der Waals surface area contributed by atoms with Crippen LogP contribution in [-0.2, 0) is 0 Å². The van der Waals surface area contributed by atoms with Gasteiger partial charge < -0.3 is 10.6 Å². The highest BCUT2D eigenvalue weighted by Gasteiger charge is 2.05. The second-order valence-electron chi connectivity index (χ2n) is 5.58. The molecule has 0 aliphatic rings. The van der Waals surface area contributed by atoms with Crippen molar-refractivity contribution in [2.75, 3.05) is 17.2 Å². The predicted molar refractivity (Wildman–Crippen MR) is 89.4 cm³/mol. The van der Waals surface area contributed by atoms with Crippen molar-refractivity contribution < 1.29 is 4.39 Å². The monoisotopic (exact) mass is 322 g/mol. The molecule has 6 heteroatoms. The second-order valence-corrected chi connectivity index (χ2v) is 5.99. The molecular formula is C16H20ClFN4. The molecule has 1 heterocycles. The van der Waals surface area contributed by atoms with Gasteiger partial charge in [-0.05, 0) is 37.5 Å². The fourth-order valence-corrected chi connectivity index (χ4v) is 2.09. The van der Waals surface area contributed by atoms with Crippen LogP contribution in [0.2, 0.25) is 5.02 Å². The van der Waals surface area contributed by atoms with Gasteiger partial charge >= 0.3 is 0 Å². The molecule has 0 fully saturated rings. The molecule has 0 bridgehead atoms. The fraction of sp³-hybridized carbons (Fsp3) is 0.375. The molecule has 1 aromatic heterocycles. The Balaban J connectivity index is 2.10. The maximum absolute atomic E-state index is 13.2. The first kappa shape index (κ1) is 16.5. The quantitative estimate of drug-likeness (QED) is 0.803. The van der Waals surface area contributed by atoms with Gasteiger partial charge in [-0.25, -0.2) is 9.37 Å². The van der Waals surface area contributed by atoms with Gasteiger partial charge in [0.2, 0.25) is 5.95 Å². The molecule has 0 saturated heterocycles. The van der Waals surface area contributed by atoms with Crippen molar-refractivity contribution in [3.63, 3.8) is 0 Å². The largest absolute Gasteiger partial charge is 0.354 e. The summed E-state index contributed by atoms with van der Waals surface area (Å²) in [5.41, 5.74) is 1.52. The third-order valence-corrected chi connectivity index (χ3v) is 3.34. The van der Waals surface area contributed by atoms with E-state index in [2.05, 4.69) is 34.4 Å². The van der Waals surface area contributed by atoms with Crippen LogP contribution >= 0.6 is 11.6 Å². The van der Waals surface area contributed by atoms with E-state index in [1.807, 2.05) is 13.0 Å². The van der Waals surface area contributed by atoms with Crippen molar-refractivity contribution in [3.8, 4) is 0 Å². The molecule has 2 N–H and O–H groups in total. The Kier molecular flexibility index (Phi) is 5.55. The Morgan fingerprint density at radius 3 is 2.68 bits per heavy atom. The Morgan fingerprint density at radius 2 is 2.00 bits per heavy atom. The average Bonchev–Trinajstić information content (AvgIpc) is 2.42. The molecule has 22 heavy (non-hydrogen) atoms. The first-order valence-corrected chi connectivity index (χ1v) is 7.63.